The van der Waals surface area contributed by atoms with E-state index < -0.39 is 18.0 Å². The highest BCUT2D eigenvalue weighted by atomic mass is 32.1. The Morgan fingerprint density at radius 1 is 1.36 bits per heavy atom. The summed E-state index contributed by atoms with van der Waals surface area (Å²) in [6.07, 6.45) is -0.657. The Hall–Kier alpha value is -2.21. The SMILES string of the molecule is Cc1ccc(-c2nc(C(=O)OC3CC(C)OC3=O)cs2)cc1. The standard InChI is InChI=1S/C16H15NO4S/c1-9-3-5-11(6-4-9)14-17-12(8-22-14)15(18)21-13-7-10(2)20-16(13)19/h3-6,8,10,13H,7H2,1-2H3. The Kier molecular flexibility index (Phi) is 3.94. The number of rotatable bonds is 3. The summed E-state index contributed by atoms with van der Waals surface area (Å²) in [5, 5.41) is 2.38. The zero-order chi connectivity index (χ0) is 15.7. The van der Waals surface area contributed by atoms with Gasteiger partial charge in [-0.1, -0.05) is 29.8 Å². The topological polar surface area (TPSA) is 65.5 Å². The van der Waals surface area contributed by atoms with Crippen LogP contribution in [0.2, 0.25) is 0 Å². The molecule has 2 heterocycles. The summed E-state index contributed by atoms with van der Waals surface area (Å²) in [6.45, 7) is 3.78. The van der Waals surface area contributed by atoms with Crippen LogP contribution in [0.25, 0.3) is 10.6 Å². The van der Waals surface area contributed by atoms with Crippen molar-refractivity contribution in [3.63, 3.8) is 0 Å². The second kappa shape index (κ2) is 5.88. The van der Waals surface area contributed by atoms with Gasteiger partial charge in [0.2, 0.25) is 6.10 Å². The first kappa shape index (κ1) is 14.7. The third kappa shape index (κ3) is 3.01. The van der Waals surface area contributed by atoms with E-state index in [0.29, 0.717) is 6.42 Å². The van der Waals surface area contributed by atoms with Crippen molar-refractivity contribution in [2.24, 2.45) is 0 Å². The number of carbonyl (C=O) groups excluding carboxylic acids is 2. The lowest BCUT2D eigenvalue weighted by molar-refractivity contribution is -0.147. The van der Waals surface area contributed by atoms with Crippen LogP contribution in [0.5, 0.6) is 0 Å². The fourth-order valence-corrected chi connectivity index (χ4v) is 3.00. The molecule has 3 rings (SSSR count). The Balaban J connectivity index is 1.72. The number of hydrogen-bond donors (Lipinski definition) is 0. The minimum absolute atomic E-state index is 0.216. The number of aromatic nitrogens is 1. The van der Waals surface area contributed by atoms with Crippen molar-refractivity contribution in [2.75, 3.05) is 0 Å². The van der Waals surface area contributed by atoms with E-state index in [1.807, 2.05) is 31.2 Å². The van der Waals surface area contributed by atoms with E-state index in [1.54, 1.807) is 12.3 Å². The number of ether oxygens (including phenoxy) is 2. The van der Waals surface area contributed by atoms with Gasteiger partial charge in [-0.2, -0.15) is 0 Å². The van der Waals surface area contributed by atoms with Gasteiger partial charge in [0.15, 0.2) is 5.69 Å². The second-order valence-electron chi connectivity index (χ2n) is 5.28. The first-order valence-electron chi connectivity index (χ1n) is 6.97. The highest BCUT2D eigenvalue weighted by Gasteiger charge is 2.35. The lowest BCUT2D eigenvalue weighted by Crippen LogP contribution is -2.22. The van der Waals surface area contributed by atoms with Gasteiger partial charge in [-0.05, 0) is 13.8 Å². The van der Waals surface area contributed by atoms with E-state index in [0.717, 1.165) is 16.1 Å². The summed E-state index contributed by atoms with van der Waals surface area (Å²) in [7, 11) is 0. The van der Waals surface area contributed by atoms with Crippen LogP contribution in [-0.2, 0) is 14.3 Å². The van der Waals surface area contributed by atoms with E-state index in [9.17, 15) is 9.59 Å². The van der Waals surface area contributed by atoms with Gasteiger partial charge in [0.25, 0.3) is 0 Å². The number of esters is 2. The average molecular weight is 317 g/mol. The van der Waals surface area contributed by atoms with Crippen LogP contribution in [-0.4, -0.2) is 29.1 Å². The van der Waals surface area contributed by atoms with E-state index in [1.165, 1.54) is 11.3 Å². The minimum Gasteiger partial charge on any atom is -0.460 e. The molecule has 22 heavy (non-hydrogen) atoms. The largest absolute Gasteiger partial charge is 0.460 e. The maximum Gasteiger partial charge on any atom is 0.358 e. The Bertz CT molecular complexity index is 707. The lowest BCUT2D eigenvalue weighted by atomic mass is 10.2. The van der Waals surface area contributed by atoms with Crippen LogP contribution < -0.4 is 0 Å². The molecule has 1 aliphatic heterocycles. The van der Waals surface area contributed by atoms with Crippen molar-refractivity contribution in [3.05, 3.63) is 40.9 Å². The van der Waals surface area contributed by atoms with Gasteiger partial charge in [0.1, 0.15) is 11.1 Å². The quantitative estimate of drug-likeness (QED) is 0.814. The van der Waals surface area contributed by atoms with Gasteiger partial charge in [0, 0.05) is 17.4 Å². The zero-order valence-corrected chi connectivity index (χ0v) is 13.1. The molecule has 1 aromatic heterocycles. The van der Waals surface area contributed by atoms with Crippen LogP contribution in [0.15, 0.2) is 29.6 Å². The predicted molar refractivity (Wildman–Crippen MR) is 81.7 cm³/mol. The molecule has 5 nitrogen and oxygen atoms in total. The highest BCUT2D eigenvalue weighted by molar-refractivity contribution is 7.13. The lowest BCUT2D eigenvalue weighted by Gasteiger charge is -2.06. The zero-order valence-electron chi connectivity index (χ0n) is 12.2. The molecule has 0 saturated carbocycles. The van der Waals surface area contributed by atoms with Crippen LogP contribution >= 0.6 is 11.3 Å². The number of thiazole rings is 1. The molecule has 6 heteroatoms. The summed E-state index contributed by atoms with van der Waals surface area (Å²) < 4.78 is 10.1. The van der Waals surface area contributed by atoms with Gasteiger partial charge in [-0.25, -0.2) is 14.6 Å². The van der Waals surface area contributed by atoms with Crippen molar-refractivity contribution in [1.82, 2.24) is 4.98 Å². The van der Waals surface area contributed by atoms with Gasteiger partial charge in [0.05, 0.1) is 0 Å². The molecule has 1 saturated heterocycles. The molecule has 0 amide bonds. The van der Waals surface area contributed by atoms with E-state index >= 15 is 0 Å². The Morgan fingerprint density at radius 3 is 2.73 bits per heavy atom. The number of carbonyl (C=O) groups is 2. The molecule has 1 aromatic carbocycles. The third-order valence-electron chi connectivity index (χ3n) is 3.39. The van der Waals surface area contributed by atoms with Crippen molar-refractivity contribution < 1.29 is 19.1 Å². The van der Waals surface area contributed by atoms with Crippen LogP contribution in [0.4, 0.5) is 0 Å². The first-order valence-corrected chi connectivity index (χ1v) is 7.85. The normalized spacial score (nSPS) is 20.7. The van der Waals surface area contributed by atoms with Gasteiger partial charge >= 0.3 is 11.9 Å². The average Bonchev–Trinajstić information content (AvgIpc) is 3.07. The fourth-order valence-electron chi connectivity index (χ4n) is 2.20. The van der Waals surface area contributed by atoms with Crippen molar-refractivity contribution in [3.8, 4) is 10.6 Å². The number of nitrogens with zero attached hydrogens (tertiary/aromatic N) is 1. The van der Waals surface area contributed by atoms with Gasteiger partial charge in [-0.3, -0.25) is 0 Å². The van der Waals surface area contributed by atoms with Crippen LogP contribution in [0.3, 0.4) is 0 Å². The predicted octanol–water partition coefficient (Wildman–Crippen LogP) is 2.98. The number of cyclic esters (lactones) is 1. The minimum atomic E-state index is -0.827. The van der Waals surface area contributed by atoms with E-state index in [-0.39, 0.29) is 11.8 Å². The molecule has 0 spiro atoms. The molecule has 114 valence electrons. The molecule has 2 atom stereocenters. The number of hydrogen-bond acceptors (Lipinski definition) is 6. The van der Waals surface area contributed by atoms with Crippen molar-refractivity contribution in [2.45, 2.75) is 32.5 Å². The van der Waals surface area contributed by atoms with E-state index in [2.05, 4.69) is 4.98 Å². The molecule has 0 aliphatic carbocycles. The molecule has 2 aromatic rings. The molecule has 0 radical (unpaired) electrons. The Morgan fingerprint density at radius 2 is 2.09 bits per heavy atom. The van der Waals surface area contributed by atoms with E-state index in [4.69, 9.17) is 9.47 Å². The monoisotopic (exact) mass is 317 g/mol. The highest BCUT2D eigenvalue weighted by Crippen LogP contribution is 2.25. The molecular weight excluding hydrogens is 302 g/mol. The van der Waals surface area contributed by atoms with Crippen molar-refractivity contribution >= 4 is 23.3 Å². The molecule has 1 aliphatic rings. The van der Waals surface area contributed by atoms with Crippen molar-refractivity contribution in [1.29, 1.82) is 0 Å². The summed E-state index contributed by atoms with van der Waals surface area (Å²) in [4.78, 5) is 27.8. The number of benzene rings is 1. The maximum absolute atomic E-state index is 12.1. The Labute approximate surface area is 131 Å². The molecular formula is C16H15NO4S. The molecule has 1 fully saturated rings. The summed E-state index contributed by atoms with van der Waals surface area (Å²) in [5.74, 6) is -1.08. The maximum atomic E-state index is 12.1. The fraction of sp³-hybridized carbons (Fsp3) is 0.312. The molecule has 0 bridgehead atoms. The smallest absolute Gasteiger partial charge is 0.358 e. The second-order valence-corrected chi connectivity index (χ2v) is 6.14. The third-order valence-corrected chi connectivity index (χ3v) is 4.28. The first-order chi connectivity index (χ1) is 10.5. The number of aryl methyl sites for hydroxylation is 1. The van der Waals surface area contributed by atoms with Gasteiger partial charge < -0.3 is 9.47 Å². The van der Waals surface area contributed by atoms with Crippen LogP contribution in [0.1, 0.15) is 29.4 Å². The summed E-state index contributed by atoms with van der Waals surface area (Å²) in [6, 6.07) is 7.90. The summed E-state index contributed by atoms with van der Waals surface area (Å²) >= 11 is 1.37. The van der Waals surface area contributed by atoms with Gasteiger partial charge in [-0.15, -0.1) is 11.3 Å². The summed E-state index contributed by atoms with van der Waals surface area (Å²) in [5.41, 5.74) is 2.32. The molecule has 2 unspecified atom stereocenters. The van der Waals surface area contributed by atoms with Crippen LogP contribution in [0, 0.1) is 6.92 Å². The molecule has 0 N–H and O–H groups in total.